The zero-order valence-electron chi connectivity index (χ0n) is 21.7. The quantitative estimate of drug-likeness (QED) is 0.358. The van der Waals surface area contributed by atoms with Gasteiger partial charge >= 0.3 is 0 Å². The molecule has 37 heavy (non-hydrogen) atoms. The lowest BCUT2D eigenvalue weighted by molar-refractivity contribution is 0.105. The first-order valence-corrected chi connectivity index (χ1v) is 14.1. The van der Waals surface area contributed by atoms with Crippen LogP contribution >= 0.6 is 0 Å². The van der Waals surface area contributed by atoms with E-state index in [1.807, 2.05) is 13.1 Å². The fourth-order valence-corrected chi connectivity index (χ4v) is 6.53. The van der Waals surface area contributed by atoms with Crippen LogP contribution in [-0.2, 0) is 16.6 Å². The number of rotatable bonds is 7. The SMILES string of the molecule is CCn1cc(S(=O)(=O)N2CCN(CC(C)C)[C@H](c3cc4cnn(-c5ccc(F)cc5)c4cc3C)C2)cn1. The molecule has 0 saturated carbocycles. The molecule has 4 aromatic rings. The van der Waals surface area contributed by atoms with Gasteiger partial charge in [-0.3, -0.25) is 9.58 Å². The summed E-state index contributed by atoms with van der Waals surface area (Å²) in [4.78, 5) is 2.63. The number of piperazine rings is 1. The van der Waals surface area contributed by atoms with E-state index in [1.165, 1.54) is 18.3 Å². The molecule has 0 bridgehead atoms. The molecule has 10 heteroatoms. The number of nitrogens with zero attached hydrogens (tertiary/aromatic N) is 6. The Bertz CT molecular complexity index is 1510. The fraction of sp³-hybridized carbons (Fsp3) is 0.407. The van der Waals surface area contributed by atoms with Gasteiger partial charge in [-0.05, 0) is 67.3 Å². The van der Waals surface area contributed by atoms with Crippen molar-refractivity contribution in [3.8, 4) is 5.69 Å². The maximum absolute atomic E-state index is 13.5. The van der Waals surface area contributed by atoms with Gasteiger partial charge < -0.3 is 0 Å². The number of sulfonamides is 1. The maximum atomic E-state index is 13.5. The van der Waals surface area contributed by atoms with Gasteiger partial charge in [-0.1, -0.05) is 13.8 Å². The molecule has 0 radical (unpaired) electrons. The molecule has 0 amide bonds. The first-order valence-electron chi connectivity index (χ1n) is 12.7. The normalized spacial score (nSPS) is 17.7. The molecule has 0 N–H and O–H groups in total. The minimum absolute atomic E-state index is 0.0919. The summed E-state index contributed by atoms with van der Waals surface area (Å²) in [6.45, 7) is 11.3. The molecule has 2 aromatic heterocycles. The van der Waals surface area contributed by atoms with Gasteiger partial charge in [0, 0.05) is 50.3 Å². The number of hydrogen-bond acceptors (Lipinski definition) is 5. The van der Waals surface area contributed by atoms with E-state index in [0.29, 0.717) is 32.1 Å². The molecule has 0 spiro atoms. The highest BCUT2D eigenvalue weighted by Gasteiger charge is 2.36. The molecule has 8 nitrogen and oxygen atoms in total. The standard InChI is InChI=1S/C27H33FN6O2S/c1-5-32-17-24(15-29-32)37(35,36)33-11-10-31(16-19(2)3)27(18-33)25-13-21-14-30-34(26(21)12-20(25)4)23-8-6-22(28)7-9-23/h6-9,12-15,17,19,27H,5,10-11,16,18H2,1-4H3/t27-/m0/s1. The van der Waals surface area contributed by atoms with E-state index in [-0.39, 0.29) is 16.8 Å². The summed E-state index contributed by atoms with van der Waals surface area (Å²) < 4.78 is 45.5. The minimum Gasteiger partial charge on any atom is -0.293 e. The molecule has 3 heterocycles. The van der Waals surface area contributed by atoms with Crippen LogP contribution in [0, 0.1) is 18.7 Å². The summed E-state index contributed by atoms with van der Waals surface area (Å²) in [5.74, 6) is 0.154. The van der Waals surface area contributed by atoms with Crippen molar-refractivity contribution in [1.82, 2.24) is 28.8 Å². The van der Waals surface area contributed by atoms with Gasteiger partial charge in [-0.15, -0.1) is 0 Å². The van der Waals surface area contributed by atoms with Crippen LogP contribution in [0.15, 0.2) is 59.9 Å². The van der Waals surface area contributed by atoms with Gasteiger partial charge in [0.1, 0.15) is 10.7 Å². The molecule has 1 aliphatic rings. The first-order chi connectivity index (χ1) is 17.7. The van der Waals surface area contributed by atoms with E-state index >= 15 is 0 Å². The van der Waals surface area contributed by atoms with Gasteiger partial charge in [0.15, 0.2) is 0 Å². The third-order valence-corrected chi connectivity index (χ3v) is 8.83. The number of aryl methyl sites for hydroxylation is 2. The van der Waals surface area contributed by atoms with E-state index in [1.54, 1.807) is 32.0 Å². The number of aromatic nitrogens is 4. The maximum Gasteiger partial charge on any atom is 0.246 e. The van der Waals surface area contributed by atoms with Crippen molar-refractivity contribution in [1.29, 1.82) is 0 Å². The Balaban J connectivity index is 1.52. The second-order valence-corrected chi connectivity index (χ2v) is 12.0. The van der Waals surface area contributed by atoms with Crippen LogP contribution in [-0.4, -0.2) is 63.4 Å². The third kappa shape index (κ3) is 4.93. The number of hydrogen-bond donors (Lipinski definition) is 0. The second kappa shape index (κ2) is 10.00. The zero-order chi connectivity index (χ0) is 26.3. The highest BCUT2D eigenvalue weighted by Crippen LogP contribution is 2.34. The highest BCUT2D eigenvalue weighted by molar-refractivity contribution is 7.89. The van der Waals surface area contributed by atoms with Gasteiger partial charge in [-0.25, -0.2) is 17.5 Å². The van der Waals surface area contributed by atoms with Gasteiger partial charge in [0.2, 0.25) is 10.0 Å². The molecular weight excluding hydrogens is 491 g/mol. The summed E-state index contributed by atoms with van der Waals surface area (Å²) in [5, 5.41) is 9.69. The monoisotopic (exact) mass is 524 g/mol. The van der Waals surface area contributed by atoms with Crippen LogP contribution in [0.2, 0.25) is 0 Å². The van der Waals surface area contributed by atoms with E-state index in [9.17, 15) is 12.8 Å². The van der Waals surface area contributed by atoms with E-state index in [0.717, 1.165) is 34.3 Å². The summed E-state index contributed by atoms with van der Waals surface area (Å²) >= 11 is 0. The molecule has 196 valence electrons. The van der Waals surface area contributed by atoms with Gasteiger partial charge in [0.25, 0.3) is 0 Å². The smallest absolute Gasteiger partial charge is 0.246 e. The van der Waals surface area contributed by atoms with Gasteiger partial charge in [-0.2, -0.15) is 14.5 Å². The predicted octanol–water partition coefficient (Wildman–Crippen LogP) is 4.39. The van der Waals surface area contributed by atoms with Crippen molar-refractivity contribution in [2.45, 2.75) is 45.2 Å². The average Bonchev–Trinajstić information content (AvgIpc) is 3.51. The molecule has 1 aliphatic heterocycles. The molecular formula is C27H33FN6O2S. The summed E-state index contributed by atoms with van der Waals surface area (Å²) in [6, 6.07) is 10.4. The summed E-state index contributed by atoms with van der Waals surface area (Å²) in [6.07, 6.45) is 4.85. The van der Waals surface area contributed by atoms with Crippen molar-refractivity contribution < 1.29 is 12.8 Å². The van der Waals surface area contributed by atoms with E-state index in [2.05, 4.69) is 48.0 Å². The van der Waals surface area contributed by atoms with Crippen molar-refractivity contribution in [2.24, 2.45) is 5.92 Å². The average molecular weight is 525 g/mol. The Morgan fingerprint density at radius 2 is 1.84 bits per heavy atom. The summed E-state index contributed by atoms with van der Waals surface area (Å²) in [7, 11) is -3.66. The Kier molecular flexibility index (Phi) is 6.91. The molecule has 0 unspecified atom stereocenters. The van der Waals surface area contributed by atoms with Crippen LogP contribution in [0.4, 0.5) is 4.39 Å². The van der Waals surface area contributed by atoms with E-state index < -0.39 is 10.0 Å². The highest BCUT2D eigenvalue weighted by atomic mass is 32.2. The van der Waals surface area contributed by atoms with Crippen LogP contribution in [0.3, 0.4) is 0 Å². The second-order valence-electron chi connectivity index (χ2n) is 10.1. The predicted molar refractivity (Wildman–Crippen MR) is 142 cm³/mol. The Labute approximate surface area is 217 Å². The summed E-state index contributed by atoms with van der Waals surface area (Å²) in [5.41, 5.74) is 3.87. The molecule has 1 fully saturated rings. The topological polar surface area (TPSA) is 76.3 Å². The van der Waals surface area contributed by atoms with Crippen LogP contribution in [0.5, 0.6) is 0 Å². The van der Waals surface area contributed by atoms with Crippen LogP contribution < -0.4 is 0 Å². The number of halogens is 1. The number of benzene rings is 2. The molecule has 1 saturated heterocycles. The molecule has 0 aliphatic carbocycles. The Morgan fingerprint density at radius 3 is 2.51 bits per heavy atom. The first kappa shape index (κ1) is 25.6. The van der Waals surface area contributed by atoms with Crippen molar-refractivity contribution in [3.63, 3.8) is 0 Å². The van der Waals surface area contributed by atoms with Crippen LogP contribution in [0.25, 0.3) is 16.6 Å². The van der Waals surface area contributed by atoms with E-state index in [4.69, 9.17) is 0 Å². The lowest BCUT2D eigenvalue weighted by atomic mass is 9.96. The van der Waals surface area contributed by atoms with Crippen molar-refractivity contribution >= 4 is 20.9 Å². The van der Waals surface area contributed by atoms with Crippen molar-refractivity contribution in [3.05, 3.63) is 71.9 Å². The van der Waals surface area contributed by atoms with Gasteiger partial charge in [0.05, 0.1) is 23.6 Å². The molecule has 2 aromatic carbocycles. The van der Waals surface area contributed by atoms with Crippen molar-refractivity contribution in [2.75, 3.05) is 26.2 Å². The lowest BCUT2D eigenvalue weighted by Crippen LogP contribution is -2.51. The number of fused-ring (bicyclic) bond motifs is 1. The zero-order valence-corrected chi connectivity index (χ0v) is 22.5. The Hall–Kier alpha value is -3.08. The molecule has 1 atom stereocenters. The lowest BCUT2D eigenvalue weighted by Gasteiger charge is -2.42. The third-order valence-electron chi connectivity index (χ3n) is 7.01. The minimum atomic E-state index is -3.66. The van der Waals surface area contributed by atoms with Crippen LogP contribution in [0.1, 0.15) is 37.9 Å². The largest absolute Gasteiger partial charge is 0.293 e. The molecule has 5 rings (SSSR count). The fourth-order valence-electron chi connectivity index (χ4n) is 5.14. The Morgan fingerprint density at radius 1 is 1.08 bits per heavy atom.